The van der Waals surface area contributed by atoms with Gasteiger partial charge < -0.3 is 14.6 Å². The van der Waals surface area contributed by atoms with E-state index in [4.69, 9.17) is 9.47 Å². The Morgan fingerprint density at radius 2 is 1.81 bits per heavy atom. The van der Waals surface area contributed by atoms with Crippen molar-refractivity contribution in [1.29, 1.82) is 0 Å². The SMILES string of the molecule is COC(C)(C)CCC1(O)CC(C)OC(C)C1. The van der Waals surface area contributed by atoms with Crippen LogP contribution in [0.1, 0.15) is 53.4 Å². The molecule has 0 aromatic heterocycles. The Bertz CT molecular complexity index is 215. The molecule has 0 aromatic rings. The maximum absolute atomic E-state index is 10.5. The van der Waals surface area contributed by atoms with Gasteiger partial charge in [0.05, 0.1) is 23.4 Å². The molecule has 1 N–H and O–H groups in total. The van der Waals surface area contributed by atoms with E-state index >= 15 is 0 Å². The summed E-state index contributed by atoms with van der Waals surface area (Å²) in [6.07, 6.45) is 3.43. The topological polar surface area (TPSA) is 38.7 Å². The zero-order valence-corrected chi connectivity index (χ0v) is 11.2. The normalized spacial score (nSPS) is 36.4. The van der Waals surface area contributed by atoms with Crippen molar-refractivity contribution >= 4 is 0 Å². The molecule has 96 valence electrons. The Morgan fingerprint density at radius 1 is 1.31 bits per heavy atom. The highest BCUT2D eigenvalue weighted by molar-refractivity contribution is 4.89. The summed E-state index contributed by atoms with van der Waals surface area (Å²) in [5, 5.41) is 10.5. The zero-order valence-electron chi connectivity index (χ0n) is 11.2. The first kappa shape index (κ1) is 13.9. The molecule has 1 aliphatic heterocycles. The highest BCUT2D eigenvalue weighted by atomic mass is 16.5. The van der Waals surface area contributed by atoms with Gasteiger partial charge >= 0.3 is 0 Å². The van der Waals surface area contributed by atoms with Gasteiger partial charge in [0, 0.05) is 20.0 Å². The minimum Gasteiger partial charge on any atom is -0.390 e. The number of rotatable bonds is 4. The lowest BCUT2D eigenvalue weighted by Gasteiger charge is -2.40. The molecule has 16 heavy (non-hydrogen) atoms. The van der Waals surface area contributed by atoms with Crippen molar-refractivity contribution in [2.24, 2.45) is 0 Å². The van der Waals surface area contributed by atoms with Gasteiger partial charge in [0.2, 0.25) is 0 Å². The Labute approximate surface area is 99.1 Å². The molecule has 1 saturated heterocycles. The highest BCUT2D eigenvalue weighted by Gasteiger charge is 2.37. The first-order valence-corrected chi connectivity index (χ1v) is 6.19. The van der Waals surface area contributed by atoms with E-state index in [0.29, 0.717) is 0 Å². The maximum atomic E-state index is 10.5. The van der Waals surface area contributed by atoms with Gasteiger partial charge in [-0.25, -0.2) is 0 Å². The summed E-state index contributed by atoms with van der Waals surface area (Å²) in [4.78, 5) is 0. The number of hydrogen-bond donors (Lipinski definition) is 1. The summed E-state index contributed by atoms with van der Waals surface area (Å²) in [5.74, 6) is 0. The lowest BCUT2D eigenvalue weighted by Crippen LogP contribution is -2.44. The molecule has 2 atom stereocenters. The van der Waals surface area contributed by atoms with E-state index in [1.807, 2.05) is 13.8 Å². The third kappa shape index (κ3) is 4.04. The van der Waals surface area contributed by atoms with E-state index in [1.165, 1.54) is 0 Å². The van der Waals surface area contributed by atoms with Crippen LogP contribution in [0.2, 0.25) is 0 Å². The number of hydrogen-bond acceptors (Lipinski definition) is 3. The summed E-state index contributed by atoms with van der Waals surface area (Å²) >= 11 is 0. The third-order valence-corrected chi connectivity index (χ3v) is 3.54. The molecule has 3 heteroatoms. The minimum atomic E-state index is -0.577. The van der Waals surface area contributed by atoms with E-state index < -0.39 is 5.60 Å². The van der Waals surface area contributed by atoms with Crippen molar-refractivity contribution in [3.63, 3.8) is 0 Å². The average Bonchev–Trinajstić information content (AvgIpc) is 2.13. The van der Waals surface area contributed by atoms with Gasteiger partial charge in [-0.1, -0.05) is 0 Å². The van der Waals surface area contributed by atoms with Crippen molar-refractivity contribution in [3.05, 3.63) is 0 Å². The molecule has 3 nitrogen and oxygen atoms in total. The van der Waals surface area contributed by atoms with Crippen LogP contribution in [-0.4, -0.2) is 35.6 Å². The summed E-state index contributed by atoms with van der Waals surface area (Å²) in [6.45, 7) is 8.18. The molecule has 0 aliphatic carbocycles. The van der Waals surface area contributed by atoms with Crippen molar-refractivity contribution in [3.8, 4) is 0 Å². The Hall–Kier alpha value is -0.120. The molecule has 1 heterocycles. The van der Waals surface area contributed by atoms with Gasteiger partial charge in [-0.05, 0) is 40.5 Å². The smallest absolute Gasteiger partial charge is 0.0698 e. The fourth-order valence-electron chi connectivity index (χ4n) is 2.49. The molecule has 0 bridgehead atoms. The Morgan fingerprint density at radius 3 is 2.25 bits per heavy atom. The van der Waals surface area contributed by atoms with Crippen LogP contribution in [0.3, 0.4) is 0 Å². The summed E-state index contributed by atoms with van der Waals surface area (Å²) < 4.78 is 11.0. The monoisotopic (exact) mass is 230 g/mol. The first-order valence-electron chi connectivity index (χ1n) is 6.19. The van der Waals surface area contributed by atoms with Gasteiger partial charge in [0.1, 0.15) is 0 Å². The number of methoxy groups -OCH3 is 1. The largest absolute Gasteiger partial charge is 0.390 e. The fourth-order valence-corrected chi connectivity index (χ4v) is 2.49. The molecule has 1 rings (SSSR count). The molecule has 0 radical (unpaired) electrons. The van der Waals surface area contributed by atoms with Crippen LogP contribution in [0.15, 0.2) is 0 Å². The second kappa shape index (κ2) is 5.03. The third-order valence-electron chi connectivity index (χ3n) is 3.54. The molecule has 1 fully saturated rings. The summed E-state index contributed by atoms with van der Waals surface area (Å²) in [7, 11) is 1.72. The number of aliphatic hydroxyl groups is 1. The summed E-state index contributed by atoms with van der Waals surface area (Å²) in [6, 6.07) is 0. The van der Waals surface area contributed by atoms with Crippen LogP contribution in [-0.2, 0) is 9.47 Å². The van der Waals surface area contributed by atoms with Crippen molar-refractivity contribution in [2.75, 3.05) is 7.11 Å². The highest BCUT2D eigenvalue weighted by Crippen LogP contribution is 2.34. The molecule has 0 amide bonds. The van der Waals surface area contributed by atoms with E-state index in [9.17, 15) is 5.11 Å². The van der Waals surface area contributed by atoms with Gasteiger partial charge in [-0.15, -0.1) is 0 Å². The zero-order chi connectivity index (χ0) is 12.4. The molecule has 1 aliphatic rings. The molecule has 0 saturated carbocycles. The first-order chi connectivity index (χ1) is 7.26. The molecule has 0 spiro atoms. The van der Waals surface area contributed by atoms with Crippen LogP contribution in [0.4, 0.5) is 0 Å². The van der Waals surface area contributed by atoms with Crippen molar-refractivity contribution < 1.29 is 14.6 Å². The van der Waals surface area contributed by atoms with Crippen molar-refractivity contribution in [2.45, 2.75) is 76.8 Å². The Balaban J connectivity index is 2.51. The molecular weight excluding hydrogens is 204 g/mol. The maximum Gasteiger partial charge on any atom is 0.0698 e. The van der Waals surface area contributed by atoms with Crippen LogP contribution in [0.5, 0.6) is 0 Å². The van der Waals surface area contributed by atoms with E-state index in [2.05, 4.69) is 13.8 Å². The van der Waals surface area contributed by atoms with Crippen LogP contribution < -0.4 is 0 Å². The van der Waals surface area contributed by atoms with Crippen molar-refractivity contribution in [1.82, 2.24) is 0 Å². The van der Waals surface area contributed by atoms with Crippen LogP contribution in [0.25, 0.3) is 0 Å². The quantitative estimate of drug-likeness (QED) is 0.806. The van der Waals surface area contributed by atoms with Crippen LogP contribution >= 0.6 is 0 Å². The predicted octanol–water partition coefficient (Wildman–Crippen LogP) is 2.51. The number of ether oxygens (including phenoxy) is 2. The minimum absolute atomic E-state index is 0.152. The average molecular weight is 230 g/mol. The molecular formula is C13H26O3. The summed E-state index contributed by atoms with van der Waals surface area (Å²) in [5.41, 5.74) is -0.729. The van der Waals surface area contributed by atoms with E-state index in [1.54, 1.807) is 7.11 Å². The van der Waals surface area contributed by atoms with Gasteiger partial charge in [0.25, 0.3) is 0 Å². The Kier molecular flexibility index (Phi) is 4.38. The standard InChI is InChI=1S/C13H26O3/c1-10-8-13(14,9-11(2)16-10)7-6-12(3,4)15-5/h10-11,14H,6-9H2,1-5H3. The molecule has 2 unspecified atom stereocenters. The van der Waals surface area contributed by atoms with Gasteiger partial charge in [-0.3, -0.25) is 0 Å². The van der Waals surface area contributed by atoms with E-state index in [0.717, 1.165) is 25.7 Å². The second-order valence-corrected chi connectivity index (χ2v) is 5.85. The lowest BCUT2D eigenvalue weighted by molar-refractivity contribution is -0.140. The van der Waals surface area contributed by atoms with Gasteiger partial charge in [-0.2, -0.15) is 0 Å². The molecule has 0 aromatic carbocycles. The second-order valence-electron chi connectivity index (χ2n) is 5.85. The van der Waals surface area contributed by atoms with Gasteiger partial charge in [0.15, 0.2) is 0 Å². The van der Waals surface area contributed by atoms with E-state index in [-0.39, 0.29) is 17.8 Å². The van der Waals surface area contributed by atoms with Crippen LogP contribution in [0, 0.1) is 0 Å². The predicted molar refractivity (Wildman–Crippen MR) is 64.5 cm³/mol. The fraction of sp³-hybridized carbons (Fsp3) is 1.00. The lowest BCUT2D eigenvalue weighted by atomic mass is 9.81.